The van der Waals surface area contributed by atoms with Crippen molar-refractivity contribution in [3.8, 4) is 5.75 Å². The Balaban J connectivity index is 2.24. The van der Waals surface area contributed by atoms with Crippen molar-refractivity contribution in [2.24, 2.45) is 0 Å². The zero-order valence-corrected chi connectivity index (χ0v) is 16.7. The summed E-state index contributed by atoms with van der Waals surface area (Å²) in [5.74, 6) is -0.0944. The van der Waals surface area contributed by atoms with Crippen LogP contribution in [0.15, 0.2) is 48.5 Å². The molecule has 0 saturated heterocycles. The van der Waals surface area contributed by atoms with E-state index in [1.54, 1.807) is 26.2 Å². The molecule has 6 heteroatoms. The molecule has 0 aliphatic rings. The Kier molecular flexibility index (Phi) is 7.55. The summed E-state index contributed by atoms with van der Waals surface area (Å²) >= 11 is 0. The molecule has 0 heterocycles. The summed E-state index contributed by atoms with van der Waals surface area (Å²) in [6.45, 7) is 5.72. The first-order valence-electron chi connectivity index (χ1n) is 9.27. The number of nitrogens with zero attached hydrogens (tertiary/aromatic N) is 1. The Morgan fingerprint density at radius 2 is 1.75 bits per heavy atom. The molecule has 2 rings (SSSR count). The third-order valence-corrected chi connectivity index (χ3v) is 4.35. The molecule has 0 aromatic heterocycles. The third-order valence-electron chi connectivity index (χ3n) is 4.35. The van der Waals surface area contributed by atoms with Gasteiger partial charge in [0, 0.05) is 12.6 Å². The molecular formula is C22H27FN2O3. The van der Waals surface area contributed by atoms with Gasteiger partial charge in [-0.1, -0.05) is 24.3 Å². The number of carbonyl (C=O) groups is 2. The lowest BCUT2D eigenvalue weighted by Gasteiger charge is -2.29. The summed E-state index contributed by atoms with van der Waals surface area (Å²) in [5, 5.41) is 2.85. The number of amides is 2. The van der Waals surface area contributed by atoms with Crippen LogP contribution in [0.1, 0.15) is 31.9 Å². The first-order chi connectivity index (χ1) is 13.3. The van der Waals surface area contributed by atoms with Crippen LogP contribution >= 0.6 is 0 Å². The van der Waals surface area contributed by atoms with E-state index in [9.17, 15) is 14.0 Å². The van der Waals surface area contributed by atoms with Crippen LogP contribution in [0.3, 0.4) is 0 Å². The fourth-order valence-electron chi connectivity index (χ4n) is 2.83. The van der Waals surface area contributed by atoms with Gasteiger partial charge in [-0.05, 0) is 56.2 Å². The van der Waals surface area contributed by atoms with Crippen LogP contribution in [0, 0.1) is 5.82 Å². The lowest BCUT2D eigenvalue weighted by molar-refractivity contribution is -0.140. The van der Waals surface area contributed by atoms with Crippen LogP contribution in [0.25, 0.3) is 0 Å². The van der Waals surface area contributed by atoms with Crippen molar-refractivity contribution in [1.29, 1.82) is 0 Å². The molecule has 0 radical (unpaired) electrons. The average molecular weight is 386 g/mol. The second-order valence-electron chi connectivity index (χ2n) is 7.02. The maximum atomic E-state index is 13.1. The Labute approximate surface area is 165 Å². The highest BCUT2D eigenvalue weighted by Gasteiger charge is 2.26. The van der Waals surface area contributed by atoms with E-state index < -0.39 is 6.04 Å². The molecule has 1 atom stereocenters. The van der Waals surface area contributed by atoms with Crippen molar-refractivity contribution >= 4 is 11.8 Å². The Bertz CT molecular complexity index is 806. The minimum atomic E-state index is -0.651. The normalized spacial score (nSPS) is 11.8. The molecule has 1 unspecified atom stereocenters. The van der Waals surface area contributed by atoms with Crippen molar-refractivity contribution in [2.45, 2.75) is 45.8 Å². The number of hydrogen-bond acceptors (Lipinski definition) is 3. The first-order valence-corrected chi connectivity index (χ1v) is 9.27. The van der Waals surface area contributed by atoms with Crippen molar-refractivity contribution in [3.63, 3.8) is 0 Å². The quantitative estimate of drug-likeness (QED) is 0.757. The molecule has 0 spiro atoms. The summed E-state index contributed by atoms with van der Waals surface area (Å²) in [6.07, 6.45) is 0.0869. The van der Waals surface area contributed by atoms with Gasteiger partial charge in [-0.2, -0.15) is 0 Å². The van der Waals surface area contributed by atoms with E-state index in [1.165, 1.54) is 17.0 Å². The highest BCUT2D eigenvalue weighted by Crippen LogP contribution is 2.17. The number of nitrogens with one attached hydrogen (secondary N) is 1. The molecule has 0 aliphatic heterocycles. The van der Waals surface area contributed by atoms with Gasteiger partial charge in [0.15, 0.2) is 0 Å². The van der Waals surface area contributed by atoms with Crippen LogP contribution in [0.2, 0.25) is 0 Å². The van der Waals surface area contributed by atoms with E-state index in [0.717, 1.165) is 5.56 Å². The van der Waals surface area contributed by atoms with Gasteiger partial charge < -0.3 is 15.0 Å². The molecule has 0 aliphatic carbocycles. The minimum Gasteiger partial charge on any atom is -0.497 e. The Morgan fingerprint density at radius 3 is 2.36 bits per heavy atom. The number of carbonyl (C=O) groups excluding carboxylic acids is 2. The van der Waals surface area contributed by atoms with Gasteiger partial charge in [-0.15, -0.1) is 0 Å². The van der Waals surface area contributed by atoms with Crippen LogP contribution < -0.4 is 10.1 Å². The van der Waals surface area contributed by atoms with Crippen molar-refractivity contribution < 1.29 is 18.7 Å². The van der Waals surface area contributed by atoms with Gasteiger partial charge >= 0.3 is 0 Å². The fourth-order valence-corrected chi connectivity index (χ4v) is 2.83. The molecular weight excluding hydrogens is 359 g/mol. The minimum absolute atomic E-state index is 0.0270. The molecule has 0 bridgehead atoms. The van der Waals surface area contributed by atoms with E-state index in [2.05, 4.69) is 5.32 Å². The van der Waals surface area contributed by atoms with Gasteiger partial charge in [0.05, 0.1) is 13.5 Å². The zero-order chi connectivity index (χ0) is 20.7. The SMILES string of the molecule is COc1cccc(CN(C(=O)Cc2ccc(F)cc2)C(C)C(=O)NC(C)C)c1. The number of hydrogen-bond donors (Lipinski definition) is 1. The lowest BCUT2D eigenvalue weighted by Crippen LogP contribution is -2.49. The van der Waals surface area contributed by atoms with Gasteiger partial charge in [0.1, 0.15) is 17.6 Å². The Morgan fingerprint density at radius 1 is 1.07 bits per heavy atom. The van der Waals surface area contributed by atoms with E-state index >= 15 is 0 Å². The summed E-state index contributed by atoms with van der Waals surface area (Å²) in [4.78, 5) is 27.1. The van der Waals surface area contributed by atoms with Gasteiger partial charge in [0.25, 0.3) is 0 Å². The second-order valence-corrected chi connectivity index (χ2v) is 7.02. The number of methoxy groups -OCH3 is 1. The molecule has 0 fully saturated rings. The summed E-state index contributed by atoms with van der Waals surface area (Å²) < 4.78 is 18.4. The van der Waals surface area contributed by atoms with E-state index in [0.29, 0.717) is 11.3 Å². The summed E-state index contributed by atoms with van der Waals surface area (Å²) in [5.41, 5.74) is 1.55. The second kappa shape index (κ2) is 9.88. The largest absolute Gasteiger partial charge is 0.497 e. The van der Waals surface area contributed by atoms with Crippen LogP contribution in [0.4, 0.5) is 4.39 Å². The smallest absolute Gasteiger partial charge is 0.242 e. The van der Waals surface area contributed by atoms with E-state index in [4.69, 9.17) is 4.74 Å². The first kappa shape index (κ1) is 21.4. The van der Waals surface area contributed by atoms with E-state index in [1.807, 2.05) is 38.1 Å². The van der Waals surface area contributed by atoms with Crippen LogP contribution in [0.5, 0.6) is 5.75 Å². The number of benzene rings is 2. The molecule has 2 aromatic carbocycles. The van der Waals surface area contributed by atoms with Crippen molar-refractivity contribution in [1.82, 2.24) is 10.2 Å². The monoisotopic (exact) mass is 386 g/mol. The predicted molar refractivity (Wildman–Crippen MR) is 106 cm³/mol. The summed E-state index contributed by atoms with van der Waals surface area (Å²) in [7, 11) is 1.58. The highest BCUT2D eigenvalue weighted by atomic mass is 19.1. The standard InChI is InChI=1S/C22H27FN2O3/c1-15(2)24-22(27)16(3)25(14-18-6-5-7-20(12-18)28-4)21(26)13-17-8-10-19(23)11-9-17/h5-12,15-16H,13-14H2,1-4H3,(H,24,27). The number of rotatable bonds is 8. The van der Waals surface area contributed by atoms with Crippen molar-refractivity contribution in [2.75, 3.05) is 7.11 Å². The molecule has 2 aromatic rings. The topological polar surface area (TPSA) is 58.6 Å². The highest BCUT2D eigenvalue weighted by molar-refractivity contribution is 5.88. The maximum absolute atomic E-state index is 13.1. The van der Waals surface area contributed by atoms with Gasteiger partial charge in [-0.3, -0.25) is 9.59 Å². The molecule has 28 heavy (non-hydrogen) atoms. The van der Waals surface area contributed by atoms with Crippen molar-refractivity contribution in [3.05, 3.63) is 65.5 Å². The third kappa shape index (κ3) is 6.08. The Hall–Kier alpha value is -2.89. The lowest BCUT2D eigenvalue weighted by atomic mass is 10.1. The molecule has 1 N–H and O–H groups in total. The number of halogens is 1. The molecule has 150 valence electrons. The molecule has 2 amide bonds. The molecule has 0 saturated carbocycles. The van der Waals surface area contributed by atoms with Crippen LogP contribution in [-0.4, -0.2) is 35.9 Å². The number of ether oxygens (including phenoxy) is 1. The van der Waals surface area contributed by atoms with Gasteiger partial charge in [0.2, 0.25) is 11.8 Å². The predicted octanol–water partition coefficient (Wildman–Crippen LogP) is 3.32. The van der Waals surface area contributed by atoms with Gasteiger partial charge in [-0.25, -0.2) is 4.39 Å². The van der Waals surface area contributed by atoms with E-state index in [-0.39, 0.29) is 36.6 Å². The zero-order valence-electron chi connectivity index (χ0n) is 16.7. The average Bonchev–Trinajstić information content (AvgIpc) is 2.67. The maximum Gasteiger partial charge on any atom is 0.242 e. The van der Waals surface area contributed by atoms with Crippen LogP contribution in [-0.2, 0) is 22.6 Å². The summed E-state index contributed by atoms with van der Waals surface area (Å²) in [6, 6.07) is 12.5. The fraction of sp³-hybridized carbons (Fsp3) is 0.364. The molecule has 5 nitrogen and oxygen atoms in total.